The summed E-state index contributed by atoms with van der Waals surface area (Å²) in [6, 6.07) is 0. The zero-order valence-electron chi connectivity index (χ0n) is 19.8. The molecule has 0 amide bonds. The molecule has 0 saturated heterocycles. The molecule has 0 spiro atoms. The van der Waals surface area contributed by atoms with Gasteiger partial charge in [-0.25, -0.2) is 0 Å². The second kappa shape index (κ2) is 38.0. The van der Waals surface area contributed by atoms with E-state index in [-0.39, 0.29) is 72.0 Å². The Morgan fingerprint density at radius 2 is 0.939 bits per heavy atom. The zero-order chi connectivity index (χ0) is 24.5. The number of rotatable bonds is 10. The molecule has 0 aromatic carbocycles. The van der Waals surface area contributed by atoms with Crippen molar-refractivity contribution in [1.82, 2.24) is 0 Å². The molecule has 4 atom stereocenters. The third kappa shape index (κ3) is 72.3. The van der Waals surface area contributed by atoms with Gasteiger partial charge in [0.15, 0.2) is 0 Å². The van der Waals surface area contributed by atoms with Crippen LogP contribution in [0.5, 0.6) is 0 Å². The SMILES string of the molecule is C.C.C.CC(=O)OCC(C)CO.CC(=O)OCC(C)O.COCC(C)CO.COCC(C)O. The minimum atomic E-state index is -0.557. The lowest BCUT2D eigenvalue weighted by Gasteiger charge is -2.05. The first kappa shape index (κ1) is 49.0. The molecule has 0 radical (unpaired) electrons. The van der Waals surface area contributed by atoms with Gasteiger partial charge in [-0.1, -0.05) is 36.1 Å². The first-order valence-electron chi connectivity index (χ1n) is 9.70. The van der Waals surface area contributed by atoms with E-state index in [0.717, 1.165) is 0 Å². The highest BCUT2D eigenvalue weighted by Gasteiger charge is 2.00. The predicted octanol–water partition coefficient (Wildman–Crippen LogP) is 2.29. The summed E-state index contributed by atoms with van der Waals surface area (Å²) in [6.45, 7) is 11.4. The molecule has 0 aromatic heterocycles. The fourth-order valence-corrected chi connectivity index (χ4v) is 1.13. The van der Waals surface area contributed by atoms with E-state index >= 15 is 0 Å². The van der Waals surface area contributed by atoms with Crippen LogP contribution in [0.3, 0.4) is 0 Å². The van der Waals surface area contributed by atoms with Crippen LogP contribution >= 0.6 is 0 Å². The topological polar surface area (TPSA) is 152 Å². The number of esters is 2. The van der Waals surface area contributed by atoms with Gasteiger partial charge in [0.05, 0.1) is 32.0 Å². The quantitative estimate of drug-likeness (QED) is 0.334. The minimum absolute atomic E-state index is 0. The summed E-state index contributed by atoms with van der Waals surface area (Å²) < 4.78 is 18.3. The molecule has 0 saturated carbocycles. The van der Waals surface area contributed by atoms with E-state index in [1.807, 2.05) is 13.8 Å². The number of aliphatic hydroxyl groups is 4. The summed E-state index contributed by atoms with van der Waals surface area (Å²) >= 11 is 0. The maximum atomic E-state index is 10.2. The van der Waals surface area contributed by atoms with Crippen LogP contribution in [-0.2, 0) is 28.5 Å². The van der Waals surface area contributed by atoms with Gasteiger partial charge in [0, 0.05) is 53.1 Å². The lowest BCUT2D eigenvalue weighted by atomic mass is 10.2. The van der Waals surface area contributed by atoms with Gasteiger partial charge in [-0.3, -0.25) is 9.59 Å². The van der Waals surface area contributed by atoms with Crippen LogP contribution in [0.2, 0.25) is 0 Å². The van der Waals surface area contributed by atoms with Gasteiger partial charge >= 0.3 is 11.9 Å². The van der Waals surface area contributed by atoms with Gasteiger partial charge in [-0.05, 0) is 13.8 Å². The van der Waals surface area contributed by atoms with Crippen molar-refractivity contribution in [3.63, 3.8) is 0 Å². The van der Waals surface area contributed by atoms with Crippen molar-refractivity contribution >= 4 is 11.9 Å². The summed E-state index contributed by atoms with van der Waals surface area (Å²) in [4.78, 5) is 20.2. The summed E-state index contributed by atoms with van der Waals surface area (Å²) in [5.74, 6) is -0.319. The molecule has 0 bridgehead atoms. The van der Waals surface area contributed by atoms with E-state index in [9.17, 15) is 9.59 Å². The third-order valence-electron chi connectivity index (χ3n) is 2.58. The Bertz CT molecular complexity index is 363. The molecular weight excluding hydrogens is 436 g/mol. The van der Waals surface area contributed by atoms with Crippen molar-refractivity contribution in [3.8, 4) is 0 Å². The minimum Gasteiger partial charge on any atom is -0.466 e. The van der Waals surface area contributed by atoms with Crippen LogP contribution in [0.15, 0.2) is 0 Å². The molecule has 0 fully saturated rings. The third-order valence-corrected chi connectivity index (χ3v) is 2.58. The van der Waals surface area contributed by atoms with E-state index in [1.54, 1.807) is 28.1 Å². The Labute approximate surface area is 203 Å². The number of hydrogen-bond acceptors (Lipinski definition) is 10. The summed E-state index contributed by atoms with van der Waals surface area (Å²) in [7, 11) is 3.19. The van der Waals surface area contributed by atoms with Crippen molar-refractivity contribution in [2.24, 2.45) is 11.8 Å². The largest absolute Gasteiger partial charge is 0.466 e. The molecule has 33 heavy (non-hydrogen) atoms. The maximum absolute atomic E-state index is 10.2. The summed E-state index contributed by atoms with van der Waals surface area (Å²) in [6.07, 6.45) is -0.881. The highest BCUT2D eigenvalue weighted by atomic mass is 16.5. The molecular formula is C23H56O10. The van der Waals surface area contributed by atoms with Gasteiger partial charge in [-0.15, -0.1) is 0 Å². The molecule has 0 aliphatic rings. The average molecular weight is 493 g/mol. The summed E-state index contributed by atoms with van der Waals surface area (Å²) in [5, 5.41) is 33.8. The molecule has 10 nitrogen and oxygen atoms in total. The fourth-order valence-electron chi connectivity index (χ4n) is 1.13. The lowest BCUT2D eigenvalue weighted by Crippen LogP contribution is -2.12. The monoisotopic (exact) mass is 492 g/mol. The summed E-state index contributed by atoms with van der Waals surface area (Å²) in [5.41, 5.74) is 0. The Hall–Kier alpha value is -1.30. The molecule has 10 heteroatoms. The number of carbonyl (C=O) groups excluding carboxylic acids is 2. The van der Waals surface area contributed by atoms with Crippen LogP contribution < -0.4 is 0 Å². The molecule has 0 aromatic rings. The molecule has 0 aliphatic heterocycles. The standard InChI is InChI=1S/C6H12O3.C5H10O3.C5H12O2.C4H10O2.3CH4/c1-5(3-7)4-9-6(2)8;1-4(6)3-8-5(2)7;1-5(3-6)4-7-2;1-4(5)3-6-2;;;/h5,7H,3-4H2,1-2H3;4,6H,3H2,1-2H3;5-6H,3-4H2,1-2H3;4-5H,3H2,1-2H3;3*1H4. The van der Waals surface area contributed by atoms with E-state index < -0.39 is 6.10 Å². The maximum Gasteiger partial charge on any atom is 0.302 e. The van der Waals surface area contributed by atoms with Crippen LogP contribution in [-0.4, -0.2) is 98.4 Å². The Morgan fingerprint density at radius 3 is 1.09 bits per heavy atom. The number of hydrogen-bond donors (Lipinski definition) is 4. The predicted molar refractivity (Wildman–Crippen MR) is 133 cm³/mol. The van der Waals surface area contributed by atoms with Crippen LogP contribution in [0.25, 0.3) is 0 Å². The molecule has 0 rings (SSSR count). The van der Waals surface area contributed by atoms with E-state index in [4.69, 9.17) is 25.2 Å². The Balaban J connectivity index is -0.0000000535. The highest BCUT2D eigenvalue weighted by molar-refractivity contribution is 5.66. The number of carbonyl (C=O) groups is 2. The van der Waals surface area contributed by atoms with Gasteiger partial charge in [0.1, 0.15) is 6.61 Å². The van der Waals surface area contributed by atoms with Crippen LogP contribution in [0.4, 0.5) is 0 Å². The normalized spacial score (nSPS) is 12.2. The van der Waals surface area contributed by atoms with Gasteiger partial charge in [0.25, 0.3) is 0 Å². The molecule has 4 N–H and O–H groups in total. The van der Waals surface area contributed by atoms with Crippen molar-refractivity contribution in [3.05, 3.63) is 0 Å². The second-order valence-electron chi connectivity index (χ2n) is 6.79. The highest BCUT2D eigenvalue weighted by Crippen LogP contribution is 1.92. The van der Waals surface area contributed by atoms with Crippen LogP contribution in [0, 0.1) is 11.8 Å². The Kier molecular flexibility index (Phi) is 56.4. The number of methoxy groups -OCH3 is 2. The smallest absolute Gasteiger partial charge is 0.302 e. The molecule has 208 valence electrons. The van der Waals surface area contributed by atoms with E-state index in [1.165, 1.54) is 13.8 Å². The molecule has 4 unspecified atom stereocenters. The van der Waals surface area contributed by atoms with E-state index in [2.05, 4.69) is 14.2 Å². The number of aliphatic hydroxyl groups excluding tert-OH is 4. The van der Waals surface area contributed by atoms with Crippen molar-refractivity contribution in [2.75, 3.05) is 53.9 Å². The van der Waals surface area contributed by atoms with E-state index in [0.29, 0.717) is 19.8 Å². The van der Waals surface area contributed by atoms with Crippen LogP contribution in [0.1, 0.15) is 63.8 Å². The van der Waals surface area contributed by atoms with Gasteiger partial charge < -0.3 is 39.4 Å². The zero-order valence-corrected chi connectivity index (χ0v) is 19.8. The lowest BCUT2D eigenvalue weighted by molar-refractivity contribution is -0.144. The first-order chi connectivity index (χ1) is 13.9. The number of ether oxygens (including phenoxy) is 4. The first-order valence-corrected chi connectivity index (χ1v) is 9.70. The van der Waals surface area contributed by atoms with Gasteiger partial charge in [0.2, 0.25) is 0 Å². The van der Waals surface area contributed by atoms with Crippen molar-refractivity contribution in [2.45, 2.75) is 76.0 Å². The van der Waals surface area contributed by atoms with Crippen molar-refractivity contribution < 1.29 is 49.0 Å². The van der Waals surface area contributed by atoms with Gasteiger partial charge in [-0.2, -0.15) is 0 Å². The van der Waals surface area contributed by atoms with Crippen molar-refractivity contribution in [1.29, 1.82) is 0 Å². The second-order valence-corrected chi connectivity index (χ2v) is 6.79. The molecule has 0 heterocycles. The molecule has 0 aliphatic carbocycles. The fraction of sp³-hybridized carbons (Fsp3) is 0.913. The Morgan fingerprint density at radius 1 is 0.636 bits per heavy atom. The average Bonchev–Trinajstić information content (AvgIpc) is 2.66.